The second-order valence-corrected chi connectivity index (χ2v) is 6.25. The molecule has 0 saturated carbocycles. The lowest BCUT2D eigenvalue weighted by atomic mass is 10.1. The van der Waals surface area contributed by atoms with Crippen molar-refractivity contribution in [2.75, 3.05) is 23.3 Å². The summed E-state index contributed by atoms with van der Waals surface area (Å²) in [5.74, 6) is 2.56. The maximum atomic E-state index is 4.79. The molecule has 4 heteroatoms. The summed E-state index contributed by atoms with van der Waals surface area (Å²) >= 11 is 0. The molecule has 1 heterocycles. The van der Waals surface area contributed by atoms with Crippen LogP contribution in [0, 0.1) is 6.92 Å². The maximum Gasteiger partial charge on any atom is 0.163 e. The first kappa shape index (κ1) is 17.9. The molecule has 0 unspecified atom stereocenters. The highest BCUT2D eigenvalue weighted by molar-refractivity contribution is 5.61. The molecule has 2 aromatic carbocycles. The average Bonchev–Trinajstić information content (AvgIpc) is 2.69. The Hall–Kier alpha value is -2.88. The van der Waals surface area contributed by atoms with Gasteiger partial charge in [0.15, 0.2) is 5.82 Å². The molecule has 0 aliphatic carbocycles. The number of anilines is 2. The minimum Gasteiger partial charge on any atom is -0.366 e. The van der Waals surface area contributed by atoms with Gasteiger partial charge in [-0.15, -0.1) is 0 Å². The van der Waals surface area contributed by atoms with Gasteiger partial charge in [-0.2, -0.15) is 0 Å². The summed E-state index contributed by atoms with van der Waals surface area (Å²) in [6.45, 7) is 9.00. The predicted octanol–water partition coefficient (Wildman–Crippen LogP) is 4.91. The average molecular weight is 346 g/mol. The van der Waals surface area contributed by atoms with Crippen molar-refractivity contribution in [1.82, 2.24) is 9.97 Å². The number of benzene rings is 2. The van der Waals surface area contributed by atoms with Crippen LogP contribution in [0.1, 0.15) is 25.0 Å². The summed E-state index contributed by atoms with van der Waals surface area (Å²) in [6, 6.07) is 20.6. The minimum atomic E-state index is 0.746. The first-order chi connectivity index (χ1) is 12.7. The van der Waals surface area contributed by atoms with Gasteiger partial charge in [0.2, 0.25) is 0 Å². The van der Waals surface area contributed by atoms with Crippen LogP contribution in [0.2, 0.25) is 0 Å². The fourth-order valence-corrected chi connectivity index (χ4v) is 2.95. The van der Waals surface area contributed by atoms with Crippen molar-refractivity contribution < 1.29 is 0 Å². The number of hydrogen-bond donors (Lipinski definition) is 1. The summed E-state index contributed by atoms with van der Waals surface area (Å²) in [6.07, 6.45) is 0. The first-order valence-corrected chi connectivity index (χ1v) is 9.19. The Bertz CT molecular complexity index is 842. The zero-order valence-corrected chi connectivity index (χ0v) is 15.7. The lowest BCUT2D eigenvalue weighted by Crippen LogP contribution is -2.23. The molecule has 0 atom stereocenters. The largest absolute Gasteiger partial charge is 0.366 e. The van der Waals surface area contributed by atoms with Crippen molar-refractivity contribution in [2.24, 2.45) is 0 Å². The molecule has 0 radical (unpaired) electrons. The van der Waals surface area contributed by atoms with Gasteiger partial charge in [-0.05, 0) is 31.9 Å². The summed E-state index contributed by atoms with van der Waals surface area (Å²) in [5.41, 5.74) is 3.58. The van der Waals surface area contributed by atoms with Gasteiger partial charge >= 0.3 is 0 Å². The monoisotopic (exact) mass is 346 g/mol. The van der Waals surface area contributed by atoms with Crippen molar-refractivity contribution in [3.05, 3.63) is 71.8 Å². The van der Waals surface area contributed by atoms with Crippen LogP contribution in [0.15, 0.2) is 60.7 Å². The van der Waals surface area contributed by atoms with E-state index in [1.165, 1.54) is 11.1 Å². The number of hydrogen-bond acceptors (Lipinski definition) is 4. The molecule has 0 aliphatic heterocycles. The SMILES string of the molecule is CCN(CC)c1cc(NCc2ccccc2C)nc(-c2ccccc2)n1. The second kappa shape index (κ2) is 8.48. The molecular weight excluding hydrogens is 320 g/mol. The standard InChI is InChI=1S/C22H26N4/c1-4-26(5-2)21-15-20(23-16-19-14-10-9-11-17(19)3)24-22(25-21)18-12-7-6-8-13-18/h6-15H,4-5,16H2,1-3H3,(H,23,24,25). The Morgan fingerprint density at radius 2 is 1.58 bits per heavy atom. The number of nitrogens with one attached hydrogen (secondary N) is 1. The van der Waals surface area contributed by atoms with Crippen LogP contribution >= 0.6 is 0 Å². The van der Waals surface area contributed by atoms with E-state index in [0.717, 1.165) is 42.7 Å². The summed E-state index contributed by atoms with van der Waals surface area (Å²) < 4.78 is 0. The van der Waals surface area contributed by atoms with E-state index < -0.39 is 0 Å². The van der Waals surface area contributed by atoms with Crippen LogP contribution in [-0.2, 0) is 6.54 Å². The van der Waals surface area contributed by atoms with Gasteiger partial charge in [-0.1, -0.05) is 54.6 Å². The minimum absolute atomic E-state index is 0.746. The molecule has 0 spiro atoms. The van der Waals surface area contributed by atoms with Crippen molar-refractivity contribution >= 4 is 11.6 Å². The number of rotatable bonds is 7. The summed E-state index contributed by atoms with van der Waals surface area (Å²) in [7, 11) is 0. The molecule has 3 rings (SSSR count). The Morgan fingerprint density at radius 3 is 2.27 bits per heavy atom. The Labute approximate surface area is 155 Å². The van der Waals surface area contributed by atoms with Gasteiger partial charge in [-0.3, -0.25) is 0 Å². The Kier molecular flexibility index (Phi) is 5.84. The molecule has 0 bridgehead atoms. The first-order valence-electron chi connectivity index (χ1n) is 9.19. The lowest BCUT2D eigenvalue weighted by Gasteiger charge is -2.21. The topological polar surface area (TPSA) is 41.0 Å². The normalized spacial score (nSPS) is 10.6. The summed E-state index contributed by atoms with van der Waals surface area (Å²) in [4.78, 5) is 11.8. The van der Waals surface area contributed by atoms with E-state index in [2.05, 4.69) is 55.3 Å². The van der Waals surface area contributed by atoms with Crippen LogP contribution in [0.5, 0.6) is 0 Å². The Morgan fingerprint density at radius 1 is 0.885 bits per heavy atom. The highest BCUT2D eigenvalue weighted by Crippen LogP contribution is 2.23. The third-order valence-electron chi connectivity index (χ3n) is 4.55. The van der Waals surface area contributed by atoms with Crippen molar-refractivity contribution in [1.29, 1.82) is 0 Å². The van der Waals surface area contributed by atoms with Gasteiger partial charge in [0.25, 0.3) is 0 Å². The zero-order valence-electron chi connectivity index (χ0n) is 15.7. The van der Waals surface area contributed by atoms with Gasteiger partial charge in [0, 0.05) is 31.3 Å². The fraction of sp³-hybridized carbons (Fsp3) is 0.273. The number of nitrogens with zero attached hydrogens (tertiary/aromatic N) is 3. The molecule has 0 aliphatic rings. The van der Waals surface area contributed by atoms with Crippen LogP contribution in [0.3, 0.4) is 0 Å². The molecular formula is C22H26N4. The third-order valence-corrected chi connectivity index (χ3v) is 4.55. The molecule has 1 N–H and O–H groups in total. The van der Waals surface area contributed by atoms with Gasteiger partial charge in [0.05, 0.1) is 0 Å². The molecule has 134 valence electrons. The highest BCUT2D eigenvalue weighted by atomic mass is 15.2. The number of aryl methyl sites for hydroxylation is 1. The Balaban J connectivity index is 1.93. The van der Waals surface area contributed by atoms with E-state index in [-0.39, 0.29) is 0 Å². The van der Waals surface area contributed by atoms with Crippen molar-refractivity contribution in [3.8, 4) is 11.4 Å². The lowest BCUT2D eigenvalue weighted by molar-refractivity contribution is 0.842. The molecule has 26 heavy (non-hydrogen) atoms. The van der Waals surface area contributed by atoms with Crippen LogP contribution in [-0.4, -0.2) is 23.1 Å². The maximum absolute atomic E-state index is 4.79. The fourth-order valence-electron chi connectivity index (χ4n) is 2.95. The molecule has 1 aromatic heterocycles. The quantitative estimate of drug-likeness (QED) is 0.660. The smallest absolute Gasteiger partial charge is 0.163 e. The van der Waals surface area contributed by atoms with Gasteiger partial charge < -0.3 is 10.2 Å². The van der Waals surface area contributed by atoms with Gasteiger partial charge in [0.1, 0.15) is 11.6 Å². The van der Waals surface area contributed by atoms with Crippen molar-refractivity contribution in [2.45, 2.75) is 27.3 Å². The molecule has 3 aromatic rings. The second-order valence-electron chi connectivity index (χ2n) is 6.25. The van der Waals surface area contributed by atoms with Crippen LogP contribution in [0.25, 0.3) is 11.4 Å². The van der Waals surface area contributed by atoms with E-state index in [1.54, 1.807) is 0 Å². The molecule has 0 saturated heterocycles. The molecule has 0 fully saturated rings. The van der Waals surface area contributed by atoms with E-state index in [1.807, 2.05) is 36.4 Å². The molecule has 0 amide bonds. The van der Waals surface area contributed by atoms with E-state index >= 15 is 0 Å². The van der Waals surface area contributed by atoms with E-state index in [4.69, 9.17) is 9.97 Å². The van der Waals surface area contributed by atoms with Crippen LogP contribution < -0.4 is 10.2 Å². The summed E-state index contributed by atoms with van der Waals surface area (Å²) in [5, 5.41) is 3.48. The number of aromatic nitrogens is 2. The van der Waals surface area contributed by atoms with E-state index in [0.29, 0.717) is 0 Å². The van der Waals surface area contributed by atoms with Crippen LogP contribution in [0.4, 0.5) is 11.6 Å². The highest BCUT2D eigenvalue weighted by Gasteiger charge is 2.11. The van der Waals surface area contributed by atoms with Gasteiger partial charge in [-0.25, -0.2) is 9.97 Å². The van der Waals surface area contributed by atoms with E-state index in [9.17, 15) is 0 Å². The predicted molar refractivity (Wildman–Crippen MR) is 110 cm³/mol. The zero-order chi connectivity index (χ0) is 18.4. The molecule has 4 nitrogen and oxygen atoms in total. The van der Waals surface area contributed by atoms with Crippen molar-refractivity contribution in [3.63, 3.8) is 0 Å². The third kappa shape index (κ3) is 4.20.